The predicted molar refractivity (Wildman–Crippen MR) is 81.3 cm³/mol. The summed E-state index contributed by atoms with van der Waals surface area (Å²) in [5.41, 5.74) is 2.07. The van der Waals surface area contributed by atoms with E-state index >= 15 is 0 Å². The lowest BCUT2D eigenvalue weighted by Crippen LogP contribution is -2.30. The Morgan fingerprint density at radius 1 is 1.32 bits per heavy atom. The number of amides is 1. The maximum Gasteiger partial charge on any atom is 0.221 e. The van der Waals surface area contributed by atoms with Crippen LogP contribution in [0.2, 0.25) is 0 Å². The summed E-state index contributed by atoms with van der Waals surface area (Å²) < 4.78 is 0. The van der Waals surface area contributed by atoms with Crippen LogP contribution in [0, 0.1) is 0 Å². The summed E-state index contributed by atoms with van der Waals surface area (Å²) in [7, 11) is 0. The number of rotatable bonds is 7. The lowest BCUT2D eigenvalue weighted by Gasteiger charge is -2.22. The molecule has 0 aromatic heterocycles. The summed E-state index contributed by atoms with van der Waals surface area (Å²) in [6, 6.07) is 8.90. The SMILES string of the molecule is CCCC(CC)NC(C)c1cccc(NC(C)=O)c1. The van der Waals surface area contributed by atoms with Gasteiger partial charge in [-0.2, -0.15) is 0 Å². The highest BCUT2D eigenvalue weighted by Gasteiger charge is 2.11. The normalized spacial score (nSPS) is 13.9. The van der Waals surface area contributed by atoms with Crippen molar-refractivity contribution in [2.45, 2.75) is 59.0 Å². The van der Waals surface area contributed by atoms with Crippen molar-refractivity contribution in [1.29, 1.82) is 0 Å². The molecule has 2 N–H and O–H groups in total. The smallest absolute Gasteiger partial charge is 0.221 e. The van der Waals surface area contributed by atoms with Crippen LogP contribution in [0.3, 0.4) is 0 Å². The molecule has 19 heavy (non-hydrogen) atoms. The quantitative estimate of drug-likeness (QED) is 0.783. The molecule has 1 aromatic rings. The second-order valence-corrected chi connectivity index (χ2v) is 5.09. The van der Waals surface area contributed by atoms with Crippen LogP contribution in [-0.2, 0) is 4.79 Å². The second kappa shape index (κ2) is 7.95. The van der Waals surface area contributed by atoms with Gasteiger partial charge in [-0.1, -0.05) is 32.4 Å². The van der Waals surface area contributed by atoms with E-state index in [1.807, 2.05) is 18.2 Å². The first kappa shape index (κ1) is 15.7. The van der Waals surface area contributed by atoms with Gasteiger partial charge in [0.15, 0.2) is 0 Å². The van der Waals surface area contributed by atoms with Gasteiger partial charge in [-0.3, -0.25) is 4.79 Å². The van der Waals surface area contributed by atoms with Crippen molar-refractivity contribution in [3.05, 3.63) is 29.8 Å². The zero-order valence-corrected chi connectivity index (χ0v) is 12.5. The van der Waals surface area contributed by atoms with Gasteiger partial charge in [-0.05, 0) is 37.5 Å². The zero-order valence-electron chi connectivity index (χ0n) is 12.5. The van der Waals surface area contributed by atoms with Crippen LogP contribution in [0.15, 0.2) is 24.3 Å². The van der Waals surface area contributed by atoms with Crippen LogP contribution in [0.4, 0.5) is 5.69 Å². The van der Waals surface area contributed by atoms with Gasteiger partial charge in [0.1, 0.15) is 0 Å². The Bertz CT molecular complexity index is 403. The molecule has 0 saturated heterocycles. The molecule has 1 amide bonds. The van der Waals surface area contributed by atoms with Crippen molar-refractivity contribution in [1.82, 2.24) is 5.32 Å². The summed E-state index contributed by atoms with van der Waals surface area (Å²) in [6.45, 7) is 8.13. The van der Waals surface area contributed by atoms with Gasteiger partial charge >= 0.3 is 0 Å². The molecule has 1 aromatic carbocycles. The van der Waals surface area contributed by atoms with Crippen LogP contribution in [0.25, 0.3) is 0 Å². The molecule has 0 saturated carbocycles. The van der Waals surface area contributed by atoms with Crippen molar-refractivity contribution in [3.8, 4) is 0 Å². The number of anilines is 1. The van der Waals surface area contributed by atoms with E-state index in [4.69, 9.17) is 0 Å². The molecule has 0 aliphatic rings. The highest BCUT2D eigenvalue weighted by atomic mass is 16.1. The Hall–Kier alpha value is -1.35. The lowest BCUT2D eigenvalue weighted by atomic mass is 10.0. The van der Waals surface area contributed by atoms with E-state index in [0.29, 0.717) is 12.1 Å². The van der Waals surface area contributed by atoms with E-state index in [0.717, 1.165) is 12.1 Å². The molecule has 0 aliphatic carbocycles. The molecule has 3 heteroatoms. The Kier molecular flexibility index (Phi) is 6.57. The first-order valence-corrected chi connectivity index (χ1v) is 7.20. The van der Waals surface area contributed by atoms with Crippen molar-refractivity contribution in [2.75, 3.05) is 5.32 Å². The number of benzene rings is 1. The van der Waals surface area contributed by atoms with Crippen molar-refractivity contribution < 1.29 is 4.79 Å². The number of hydrogen-bond acceptors (Lipinski definition) is 2. The molecule has 0 heterocycles. The van der Waals surface area contributed by atoms with E-state index in [1.165, 1.54) is 25.3 Å². The van der Waals surface area contributed by atoms with E-state index < -0.39 is 0 Å². The highest BCUT2D eigenvalue weighted by Crippen LogP contribution is 2.19. The molecule has 106 valence electrons. The van der Waals surface area contributed by atoms with E-state index in [1.54, 1.807) is 0 Å². The molecular formula is C16H26N2O. The molecule has 0 spiro atoms. The largest absolute Gasteiger partial charge is 0.326 e. The molecule has 0 bridgehead atoms. The van der Waals surface area contributed by atoms with E-state index in [9.17, 15) is 4.79 Å². The standard InChI is InChI=1S/C16H26N2O/c1-5-8-15(6-2)17-12(3)14-9-7-10-16(11-14)18-13(4)19/h7,9-12,15,17H,5-6,8H2,1-4H3,(H,18,19). The van der Waals surface area contributed by atoms with Gasteiger partial charge in [0.25, 0.3) is 0 Å². The topological polar surface area (TPSA) is 41.1 Å². The molecule has 0 fully saturated rings. The lowest BCUT2D eigenvalue weighted by molar-refractivity contribution is -0.114. The molecule has 3 nitrogen and oxygen atoms in total. The van der Waals surface area contributed by atoms with E-state index in [2.05, 4.69) is 37.5 Å². The summed E-state index contributed by atoms with van der Waals surface area (Å²) in [5, 5.41) is 6.48. The molecule has 0 aliphatic heterocycles. The Balaban J connectivity index is 2.70. The fraction of sp³-hybridized carbons (Fsp3) is 0.562. The van der Waals surface area contributed by atoms with Crippen LogP contribution < -0.4 is 10.6 Å². The number of carbonyl (C=O) groups is 1. The summed E-state index contributed by atoms with van der Waals surface area (Å²) in [6.07, 6.45) is 3.54. The molecule has 2 unspecified atom stereocenters. The Morgan fingerprint density at radius 3 is 2.63 bits per heavy atom. The first-order valence-electron chi connectivity index (χ1n) is 7.20. The zero-order chi connectivity index (χ0) is 14.3. The molecule has 1 rings (SSSR count). The Labute approximate surface area is 116 Å². The van der Waals surface area contributed by atoms with Gasteiger partial charge in [0.2, 0.25) is 5.91 Å². The highest BCUT2D eigenvalue weighted by molar-refractivity contribution is 5.88. The summed E-state index contributed by atoms with van der Waals surface area (Å²) >= 11 is 0. The van der Waals surface area contributed by atoms with Crippen molar-refractivity contribution >= 4 is 11.6 Å². The van der Waals surface area contributed by atoms with Crippen LogP contribution in [0.5, 0.6) is 0 Å². The summed E-state index contributed by atoms with van der Waals surface area (Å²) in [5.74, 6) is -0.0322. The molecule has 0 radical (unpaired) electrons. The predicted octanol–water partition coefficient (Wildman–Crippen LogP) is 3.87. The Morgan fingerprint density at radius 2 is 2.05 bits per heavy atom. The van der Waals surface area contributed by atoms with Gasteiger partial charge in [0, 0.05) is 24.7 Å². The second-order valence-electron chi connectivity index (χ2n) is 5.09. The molecule has 2 atom stereocenters. The van der Waals surface area contributed by atoms with Gasteiger partial charge < -0.3 is 10.6 Å². The summed E-state index contributed by atoms with van der Waals surface area (Å²) in [4.78, 5) is 11.1. The maximum absolute atomic E-state index is 11.1. The van der Waals surface area contributed by atoms with Crippen LogP contribution >= 0.6 is 0 Å². The van der Waals surface area contributed by atoms with E-state index in [-0.39, 0.29) is 5.91 Å². The minimum atomic E-state index is -0.0322. The maximum atomic E-state index is 11.1. The van der Waals surface area contributed by atoms with Gasteiger partial charge in [0.05, 0.1) is 0 Å². The average molecular weight is 262 g/mol. The third-order valence-electron chi connectivity index (χ3n) is 3.32. The number of nitrogens with one attached hydrogen (secondary N) is 2. The fourth-order valence-electron chi connectivity index (χ4n) is 2.29. The third kappa shape index (κ3) is 5.43. The number of hydrogen-bond donors (Lipinski definition) is 2. The fourth-order valence-corrected chi connectivity index (χ4v) is 2.29. The molecular weight excluding hydrogens is 236 g/mol. The van der Waals surface area contributed by atoms with Crippen molar-refractivity contribution in [2.24, 2.45) is 0 Å². The van der Waals surface area contributed by atoms with Gasteiger partial charge in [-0.25, -0.2) is 0 Å². The minimum absolute atomic E-state index is 0.0322. The third-order valence-corrected chi connectivity index (χ3v) is 3.32. The van der Waals surface area contributed by atoms with Crippen LogP contribution in [-0.4, -0.2) is 11.9 Å². The monoisotopic (exact) mass is 262 g/mol. The first-order chi connectivity index (χ1) is 9.06. The average Bonchev–Trinajstić information content (AvgIpc) is 2.37. The minimum Gasteiger partial charge on any atom is -0.326 e. The van der Waals surface area contributed by atoms with Gasteiger partial charge in [-0.15, -0.1) is 0 Å². The van der Waals surface area contributed by atoms with Crippen LogP contribution in [0.1, 0.15) is 58.6 Å². The number of carbonyl (C=O) groups excluding carboxylic acids is 1. The van der Waals surface area contributed by atoms with Crippen molar-refractivity contribution in [3.63, 3.8) is 0 Å².